The maximum absolute atomic E-state index is 14.8. The molecule has 1 saturated heterocycles. The highest BCUT2D eigenvalue weighted by Crippen LogP contribution is 2.38. The van der Waals surface area contributed by atoms with Crippen LogP contribution in [0.2, 0.25) is 0 Å². The fourth-order valence-electron chi connectivity index (χ4n) is 4.21. The molecular formula is C23H21F3N6O2. The molecule has 11 heteroatoms. The summed E-state index contributed by atoms with van der Waals surface area (Å²) < 4.78 is 51.4. The average Bonchev–Trinajstić information content (AvgIpc) is 3.26. The van der Waals surface area contributed by atoms with Gasteiger partial charge >= 0.3 is 0 Å². The molecule has 34 heavy (non-hydrogen) atoms. The topological polar surface area (TPSA) is 87.7 Å². The predicted octanol–water partition coefficient (Wildman–Crippen LogP) is 3.49. The minimum Gasteiger partial charge on any atom is -0.373 e. The summed E-state index contributed by atoms with van der Waals surface area (Å²) in [6.07, 6.45) is 4.41. The van der Waals surface area contributed by atoms with Gasteiger partial charge in [-0.2, -0.15) is 5.10 Å². The normalized spacial score (nSPS) is 18.5. The van der Waals surface area contributed by atoms with Crippen LogP contribution in [0.5, 0.6) is 0 Å². The Morgan fingerprint density at radius 2 is 1.79 bits per heavy atom. The van der Waals surface area contributed by atoms with Gasteiger partial charge in [-0.15, -0.1) is 0 Å². The second kappa shape index (κ2) is 8.32. The number of fused-ring (bicyclic) bond motifs is 1. The van der Waals surface area contributed by atoms with Crippen LogP contribution in [0.3, 0.4) is 0 Å². The SMILES string of the molecule is Cc1nc2c(-c3cc(F)c(F)cc3F)nc([C@H]3CCO[C@@H](c4cnn(C)c4)C3)nc2c(=O)n1C. The third kappa shape index (κ3) is 3.75. The van der Waals surface area contributed by atoms with E-state index in [9.17, 15) is 18.0 Å². The van der Waals surface area contributed by atoms with Gasteiger partial charge in [-0.3, -0.25) is 14.0 Å². The van der Waals surface area contributed by atoms with E-state index in [4.69, 9.17) is 4.74 Å². The summed E-state index contributed by atoms with van der Waals surface area (Å²) in [6, 6.07) is 1.19. The lowest BCUT2D eigenvalue weighted by atomic mass is 9.92. The van der Waals surface area contributed by atoms with Crippen molar-refractivity contribution in [3.8, 4) is 11.3 Å². The summed E-state index contributed by atoms with van der Waals surface area (Å²) in [5.74, 6) is -3.13. The maximum Gasteiger partial charge on any atom is 0.279 e. The minimum atomic E-state index is -1.32. The Hall–Kier alpha value is -3.60. The molecule has 4 heterocycles. The predicted molar refractivity (Wildman–Crippen MR) is 116 cm³/mol. The van der Waals surface area contributed by atoms with Gasteiger partial charge in [-0.25, -0.2) is 28.1 Å². The lowest BCUT2D eigenvalue weighted by molar-refractivity contribution is 0.00398. The first-order valence-corrected chi connectivity index (χ1v) is 10.7. The van der Waals surface area contributed by atoms with Gasteiger partial charge < -0.3 is 4.74 Å². The van der Waals surface area contributed by atoms with Gasteiger partial charge in [0.15, 0.2) is 17.2 Å². The summed E-state index contributed by atoms with van der Waals surface area (Å²) in [5.41, 5.74) is 0.135. The van der Waals surface area contributed by atoms with E-state index in [0.717, 1.165) is 11.6 Å². The highest BCUT2D eigenvalue weighted by molar-refractivity contribution is 5.88. The zero-order valence-electron chi connectivity index (χ0n) is 18.7. The van der Waals surface area contributed by atoms with Gasteiger partial charge in [0.05, 0.1) is 12.3 Å². The smallest absolute Gasteiger partial charge is 0.279 e. The number of ether oxygens (including phenoxy) is 1. The van der Waals surface area contributed by atoms with Crippen molar-refractivity contribution >= 4 is 11.0 Å². The number of aromatic nitrogens is 6. The summed E-state index contributed by atoms with van der Waals surface area (Å²) in [4.78, 5) is 26.5. The number of aryl methyl sites for hydroxylation is 2. The first-order chi connectivity index (χ1) is 16.2. The van der Waals surface area contributed by atoms with Crippen molar-refractivity contribution in [3.05, 3.63) is 69.5 Å². The Kier molecular flexibility index (Phi) is 5.43. The van der Waals surface area contributed by atoms with Gasteiger partial charge in [0, 0.05) is 50.0 Å². The summed E-state index contributed by atoms with van der Waals surface area (Å²) in [5, 5.41) is 4.18. The molecule has 0 unspecified atom stereocenters. The van der Waals surface area contributed by atoms with Crippen molar-refractivity contribution in [1.29, 1.82) is 0 Å². The third-order valence-electron chi connectivity index (χ3n) is 6.18. The van der Waals surface area contributed by atoms with E-state index >= 15 is 0 Å². The zero-order valence-corrected chi connectivity index (χ0v) is 18.7. The van der Waals surface area contributed by atoms with Crippen molar-refractivity contribution in [2.24, 2.45) is 14.1 Å². The Morgan fingerprint density at radius 1 is 1.03 bits per heavy atom. The quantitative estimate of drug-likeness (QED) is 0.426. The molecule has 0 amide bonds. The number of hydrogen-bond acceptors (Lipinski definition) is 6. The highest BCUT2D eigenvalue weighted by Gasteiger charge is 2.30. The van der Waals surface area contributed by atoms with E-state index in [2.05, 4.69) is 20.1 Å². The van der Waals surface area contributed by atoms with Crippen LogP contribution in [0.15, 0.2) is 29.3 Å². The van der Waals surface area contributed by atoms with Gasteiger partial charge in [0.25, 0.3) is 5.56 Å². The van der Waals surface area contributed by atoms with Gasteiger partial charge in [-0.1, -0.05) is 0 Å². The van der Waals surface area contributed by atoms with Gasteiger partial charge in [0.2, 0.25) is 0 Å². The van der Waals surface area contributed by atoms with Crippen molar-refractivity contribution < 1.29 is 17.9 Å². The second-order valence-electron chi connectivity index (χ2n) is 8.43. The number of rotatable bonds is 3. The summed E-state index contributed by atoms with van der Waals surface area (Å²) in [6.45, 7) is 2.03. The molecule has 0 aliphatic carbocycles. The zero-order chi connectivity index (χ0) is 24.1. The van der Waals surface area contributed by atoms with Crippen LogP contribution in [0.4, 0.5) is 13.2 Å². The molecule has 1 aliphatic rings. The van der Waals surface area contributed by atoms with Crippen LogP contribution in [-0.2, 0) is 18.8 Å². The molecule has 1 aliphatic heterocycles. The Balaban J connectivity index is 1.69. The number of hydrogen-bond donors (Lipinski definition) is 0. The van der Waals surface area contributed by atoms with E-state index in [1.165, 1.54) is 4.57 Å². The minimum absolute atomic E-state index is 0.0124. The molecular weight excluding hydrogens is 449 g/mol. The van der Waals surface area contributed by atoms with E-state index in [-0.39, 0.29) is 34.3 Å². The maximum atomic E-state index is 14.8. The van der Waals surface area contributed by atoms with Gasteiger partial charge in [-0.05, 0) is 25.8 Å². The van der Waals surface area contributed by atoms with Gasteiger partial charge in [0.1, 0.15) is 28.7 Å². The molecule has 1 fully saturated rings. The molecule has 4 aromatic rings. The molecule has 3 aromatic heterocycles. The lowest BCUT2D eigenvalue weighted by Gasteiger charge is -2.28. The molecule has 0 bridgehead atoms. The summed E-state index contributed by atoms with van der Waals surface area (Å²) in [7, 11) is 3.36. The Morgan fingerprint density at radius 3 is 2.53 bits per heavy atom. The van der Waals surface area contributed by atoms with Crippen LogP contribution in [0, 0.1) is 24.4 Å². The standard InChI is InChI=1S/C23H21F3N6O2/c1-11-28-20-19(14-7-16(25)17(26)8-15(14)24)29-22(30-21(20)23(33)32(11)3)12-4-5-34-18(6-12)13-9-27-31(2)10-13/h7-10,12,18H,4-6H2,1-3H3/t12-,18+/m0/s1. The molecule has 0 spiro atoms. The number of benzene rings is 1. The monoisotopic (exact) mass is 470 g/mol. The van der Waals surface area contributed by atoms with E-state index in [0.29, 0.717) is 37.2 Å². The Labute approximate surface area is 192 Å². The van der Waals surface area contributed by atoms with Crippen LogP contribution in [0.1, 0.15) is 42.1 Å². The van der Waals surface area contributed by atoms with E-state index in [1.807, 2.05) is 13.2 Å². The van der Waals surface area contributed by atoms with Crippen LogP contribution in [-0.4, -0.2) is 35.9 Å². The molecule has 1 aromatic carbocycles. The molecule has 176 valence electrons. The third-order valence-corrected chi connectivity index (χ3v) is 6.18. The highest BCUT2D eigenvalue weighted by atomic mass is 19.2. The van der Waals surface area contributed by atoms with Crippen LogP contribution < -0.4 is 5.56 Å². The van der Waals surface area contributed by atoms with E-state index < -0.39 is 23.0 Å². The number of halogens is 3. The van der Waals surface area contributed by atoms with Crippen LogP contribution >= 0.6 is 0 Å². The molecule has 0 N–H and O–H groups in total. The van der Waals surface area contributed by atoms with Crippen molar-refractivity contribution in [2.75, 3.05) is 6.61 Å². The molecule has 8 nitrogen and oxygen atoms in total. The fourth-order valence-corrected chi connectivity index (χ4v) is 4.21. The molecule has 2 atom stereocenters. The molecule has 0 radical (unpaired) electrons. The molecule has 0 saturated carbocycles. The van der Waals surface area contributed by atoms with E-state index in [1.54, 1.807) is 24.9 Å². The van der Waals surface area contributed by atoms with Crippen molar-refractivity contribution in [1.82, 2.24) is 29.3 Å². The lowest BCUT2D eigenvalue weighted by Crippen LogP contribution is -2.25. The fraction of sp³-hybridized carbons (Fsp3) is 0.348. The largest absolute Gasteiger partial charge is 0.373 e. The Bertz CT molecular complexity index is 1480. The van der Waals surface area contributed by atoms with Crippen molar-refractivity contribution in [2.45, 2.75) is 31.8 Å². The first-order valence-electron chi connectivity index (χ1n) is 10.7. The second-order valence-corrected chi connectivity index (χ2v) is 8.43. The van der Waals surface area contributed by atoms with Crippen molar-refractivity contribution in [3.63, 3.8) is 0 Å². The van der Waals surface area contributed by atoms with Crippen LogP contribution in [0.25, 0.3) is 22.3 Å². The number of nitrogens with zero attached hydrogens (tertiary/aromatic N) is 6. The molecule has 5 rings (SSSR count). The first kappa shape index (κ1) is 22.2. The average molecular weight is 470 g/mol. The summed E-state index contributed by atoms with van der Waals surface area (Å²) >= 11 is 0.